The van der Waals surface area contributed by atoms with E-state index in [0.717, 1.165) is 103 Å². The molecule has 3 aromatic heterocycles. The van der Waals surface area contributed by atoms with E-state index in [1.807, 2.05) is 17.4 Å². The summed E-state index contributed by atoms with van der Waals surface area (Å²) < 4.78 is 13.1. The number of anilines is 3. The van der Waals surface area contributed by atoms with Crippen molar-refractivity contribution in [2.24, 2.45) is 0 Å². The van der Waals surface area contributed by atoms with Crippen molar-refractivity contribution >= 4 is 63.1 Å². The number of hydrogen-bond acceptors (Lipinski definition) is 8. The number of ether oxygens (including phenoxy) is 2. The van der Waals surface area contributed by atoms with E-state index < -0.39 is 5.97 Å². The van der Waals surface area contributed by atoms with Crippen LogP contribution in [0.1, 0.15) is 131 Å². The summed E-state index contributed by atoms with van der Waals surface area (Å²) in [6.45, 7) is 14.8. The number of benzene rings is 5. The number of carboxylic acid groups (broad SMARTS) is 1. The lowest BCUT2D eigenvalue weighted by atomic mass is 9.82. The molecule has 3 aliphatic rings. The zero-order valence-electron chi connectivity index (χ0n) is 43.9. The fourth-order valence-corrected chi connectivity index (χ4v) is 15.6. The van der Waals surface area contributed by atoms with E-state index in [1.54, 1.807) is 11.3 Å². The fourth-order valence-electron chi connectivity index (χ4n) is 11.8. The zero-order valence-corrected chi connectivity index (χ0v) is 46.4. The molecule has 380 valence electrons. The largest absolute Gasteiger partial charge is 0.485 e. The van der Waals surface area contributed by atoms with Gasteiger partial charge >= 0.3 is 5.97 Å². The van der Waals surface area contributed by atoms with Gasteiger partial charge in [-0.2, -0.15) is 5.26 Å². The van der Waals surface area contributed by atoms with Gasteiger partial charge in [-0.05, 0) is 141 Å². The Morgan fingerprint density at radius 1 is 0.587 bits per heavy atom. The first-order valence-electron chi connectivity index (χ1n) is 26.8. The predicted octanol–water partition coefficient (Wildman–Crippen LogP) is 19.0. The highest BCUT2D eigenvalue weighted by Gasteiger charge is 2.38. The molecule has 0 amide bonds. The van der Waals surface area contributed by atoms with Crippen LogP contribution in [0.4, 0.5) is 17.1 Å². The average Bonchev–Trinajstić information content (AvgIpc) is 4.23. The average molecular weight is 1050 g/mol. The number of aliphatic carboxylic acids is 1. The molecular weight excluding hydrogens is 981 g/mol. The van der Waals surface area contributed by atoms with E-state index in [4.69, 9.17) is 9.47 Å². The summed E-state index contributed by atoms with van der Waals surface area (Å²) in [6, 6.07) is 47.5. The first-order valence-corrected chi connectivity index (χ1v) is 29.3. The molecular formula is C66H64N2O4S3. The molecule has 4 heterocycles. The van der Waals surface area contributed by atoms with Gasteiger partial charge in [0.2, 0.25) is 0 Å². The number of nitrogens with zero attached hydrogens (tertiary/aromatic N) is 2. The highest BCUT2D eigenvalue weighted by Crippen LogP contribution is 2.58. The van der Waals surface area contributed by atoms with Gasteiger partial charge in [0.05, 0.1) is 14.6 Å². The van der Waals surface area contributed by atoms with E-state index in [-0.39, 0.29) is 16.4 Å². The highest BCUT2D eigenvalue weighted by molar-refractivity contribution is 7.28. The number of carboxylic acids is 1. The van der Waals surface area contributed by atoms with Gasteiger partial charge in [-0.25, -0.2) is 4.79 Å². The predicted molar refractivity (Wildman–Crippen MR) is 314 cm³/mol. The van der Waals surface area contributed by atoms with Crippen molar-refractivity contribution in [3.05, 3.63) is 165 Å². The number of rotatable bonds is 18. The first-order chi connectivity index (χ1) is 36.4. The minimum absolute atomic E-state index is 0.145. The van der Waals surface area contributed by atoms with Crippen LogP contribution in [-0.4, -0.2) is 24.3 Å². The second kappa shape index (κ2) is 20.8. The standard InChI is InChI=1S/C66H64N2O4S3/c1-7-9-11-13-19-42-35-48(36-44(40-67)64(69)70)73-61(42)63-59-58(71-33-34-72-59)62(75-63)57-37-43(20-14-12-10-8-2)60(74-57)41-25-27-45(28-26-41)68(46-29-31-51-49-21-15-17-23-53(49)65(3,4)55(51)38-46)47-30-32-52-50-22-16-18-24-54(50)66(5,6)56(52)39-47/h15-18,21-32,35-39H,7-14,19-20,33-34H2,1-6H3,(H,69,70)/b44-36+. The van der Waals surface area contributed by atoms with E-state index in [2.05, 4.69) is 168 Å². The highest BCUT2D eigenvalue weighted by atomic mass is 32.1. The summed E-state index contributed by atoms with van der Waals surface area (Å²) in [4.78, 5) is 20.7. The molecule has 0 saturated carbocycles. The maximum atomic E-state index is 11.9. The van der Waals surface area contributed by atoms with Crippen molar-refractivity contribution in [3.8, 4) is 69.8 Å². The number of fused-ring (bicyclic) bond motifs is 7. The van der Waals surface area contributed by atoms with Gasteiger partial charge in [0.1, 0.15) is 24.9 Å². The summed E-state index contributed by atoms with van der Waals surface area (Å²) in [5, 5.41) is 19.4. The quantitative estimate of drug-likeness (QED) is 0.0524. The summed E-state index contributed by atoms with van der Waals surface area (Å²) >= 11 is 5.06. The molecule has 0 bridgehead atoms. The number of thiophene rings is 3. The van der Waals surface area contributed by atoms with Gasteiger partial charge in [0, 0.05) is 42.5 Å². The Morgan fingerprint density at radius 2 is 1.11 bits per heavy atom. The van der Waals surface area contributed by atoms with Crippen LogP contribution < -0.4 is 14.4 Å². The molecule has 11 rings (SSSR count). The van der Waals surface area contributed by atoms with Crippen LogP contribution in [0.5, 0.6) is 11.5 Å². The van der Waals surface area contributed by atoms with E-state index in [1.165, 1.54) is 97.2 Å². The lowest BCUT2D eigenvalue weighted by Gasteiger charge is -2.30. The normalized spacial score (nSPS) is 14.5. The van der Waals surface area contributed by atoms with E-state index in [9.17, 15) is 15.2 Å². The van der Waals surface area contributed by atoms with Gasteiger partial charge in [-0.15, -0.1) is 34.0 Å². The van der Waals surface area contributed by atoms with Crippen LogP contribution in [0, 0.1) is 11.3 Å². The van der Waals surface area contributed by atoms with Crippen LogP contribution >= 0.6 is 34.0 Å². The lowest BCUT2D eigenvalue weighted by Crippen LogP contribution is -2.18. The molecule has 0 saturated heterocycles. The van der Waals surface area contributed by atoms with Crippen molar-refractivity contribution in [2.45, 2.75) is 117 Å². The third kappa shape index (κ3) is 9.23. The fraction of sp³-hybridized carbons (Fsp3) is 0.303. The molecule has 0 fully saturated rings. The summed E-state index contributed by atoms with van der Waals surface area (Å²) in [5.41, 5.74) is 17.2. The smallest absolute Gasteiger partial charge is 0.346 e. The number of carbonyl (C=O) groups is 1. The van der Waals surface area contributed by atoms with Crippen LogP contribution in [0.25, 0.3) is 58.3 Å². The molecule has 8 aromatic rings. The number of aryl methyl sites for hydroxylation is 2. The Morgan fingerprint density at radius 3 is 1.65 bits per heavy atom. The summed E-state index contributed by atoms with van der Waals surface area (Å²) in [7, 11) is 0. The SMILES string of the molecule is CCCCCCc1cc(-c2sc(-c3sc(/C=C(\C#N)C(=O)O)cc3CCCCCC)c3c2OCCO3)sc1-c1ccc(N(c2ccc3c(c2)C(C)(C)c2ccccc2-3)c2ccc3c(c2)C(C)(C)c2ccccc2-3)cc1. The van der Waals surface area contributed by atoms with Gasteiger partial charge in [-0.3, -0.25) is 0 Å². The maximum absolute atomic E-state index is 11.9. The van der Waals surface area contributed by atoms with Crippen LogP contribution in [-0.2, 0) is 28.5 Å². The van der Waals surface area contributed by atoms with Crippen LogP contribution in [0.2, 0.25) is 0 Å². The second-order valence-electron chi connectivity index (χ2n) is 21.4. The van der Waals surface area contributed by atoms with E-state index >= 15 is 0 Å². The van der Waals surface area contributed by atoms with Crippen molar-refractivity contribution in [3.63, 3.8) is 0 Å². The number of hydrogen-bond donors (Lipinski definition) is 1. The Kier molecular flexibility index (Phi) is 14.0. The third-order valence-electron chi connectivity index (χ3n) is 15.7. The molecule has 1 N–H and O–H groups in total. The third-order valence-corrected chi connectivity index (χ3v) is 19.6. The first kappa shape index (κ1) is 50.5. The van der Waals surface area contributed by atoms with Gasteiger partial charge in [0.15, 0.2) is 11.5 Å². The van der Waals surface area contributed by atoms with Crippen molar-refractivity contribution in [2.75, 3.05) is 18.1 Å². The van der Waals surface area contributed by atoms with Crippen molar-refractivity contribution < 1.29 is 19.4 Å². The molecule has 1 aliphatic heterocycles. The van der Waals surface area contributed by atoms with Crippen LogP contribution in [0.3, 0.4) is 0 Å². The zero-order chi connectivity index (χ0) is 52.0. The summed E-state index contributed by atoms with van der Waals surface area (Å²) in [6.07, 6.45) is 12.5. The van der Waals surface area contributed by atoms with Crippen molar-refractivity contribution in [1.29, 1.82) is 5.26 Å². The molecule has 6 nitrogen and oxygen atoms in total. The van der Waals surface area contributed by atoms with Gasteiger partial charge < -0.3 is 19.5 Å². The molecule has 0 radical (unpaired) electrons. The molecule has 0 unspecified atom stereocenters. The Balaban J connectivity index is 1.00. The monoisotopic (exact) mass is 1040 g/mol. The Hall–Kier alpha value is -6.70. The minimum Gasteiger partial charge on any atom is -0.485 e. The summed E-state index contributed by atoms with van der Waals surface area (Å²) in [5.74, 6) is 0.318. The van der Waals surface area contributed by atoms with Crippen molar-refractivity contribution in [1.82, 2.24) is 0 Å². The maximum Gasteiger partial charge on any atom is 0.346 e. The molecule has 2 aliphatic carbocycles. The molecule has 0 atom stereocenters. The molecule has 9 heteroatoms. The van der Waals surface area contributed by atoms with E-state index in [0.29, 0.717) is 13.2 Å². The number of nitriles is 1. The molecule has 75 heavy (non-hydrogen) atoms. The second-order valence-corrected chi connectivity index (χ2v) is 24.5. The molecule has 5 aromatic carbocycles. The molecule has 0 spiro atoms. The Labute approximate surface area is 454 Å². The minimum atomic E-state index is -1.22. The Bertz CT molecular complexity index is 3440. The lowest BCUT2D eigenvalue weighted by molar-refractivity contribution is -0.132. The topological polar surface area (TPSA) is 82.8 Å². The van der Waals surface area contributed by atoms with Gasteiger partial charge in [0.25, 0.3) is 0 Å². The van der Waals surface area contributed by atoms with Crippen LogP contribution in [0.15, 0.2) is 127 Å². The van der Waals surface area contributed by atoms with Gasteiger partial charge in [-0.1, -0.05) is 153 Å². The number of unbranched alkanes of at least 4 members (excludes halogenated alkanes) is 6.